The number of nitrogens with one attached hydrogen (secondary N) is 2. The minimum Gasteiger partial charge on any atom is -0.481 e. The van der Waals surface area contributed by atoms with Crippen LogP contribution in [0.25, 0.3) is 0 Å². The predicted molar refractivity (Wildman–Crippen MR) is 102 cm³/mol. The number of hydrogen-bond donors (Lipinski definition) is 3. The first-order chi connectivity index (χ1) is 12.9. The van der Waals surface area contributed by atoms with Crippen LogP contribution in [0.3, 0.4) is 0 Å². The Morgan fingerprint density at radius 3 is 2.37 bits per heavy atom. The van der Waals surface area contributed by atoms with Crippen LogP contribution in [0, 0.1) is 11.8 Å². The molecule has 0 saturated heterocycles. The monoisotopic (exact) mass is 408 g/mol. The molecule has 1 atom stereocenters. The van der Waals surface area contributed by atoms with Crippen molar-refractivity contribution in [1.82, 2.24) is 5.48 Å². The first-order valence-corrected chi connectivity index (χ1v) is 9.63. The lowest BCUT2D eigenvalue weighted by molar-refractivity contribution is -0.128. The van der Waals surface area contributed by atoms with Crippen LogP contribution < -0.4 is 14.9 Å². The van der Waals surface area contributed by atoms with Gasteiger partial charge in [-0.3, -0.25) is 14.7 Å². The Labute approximate surface area is 162 Å². The number of anilines is 1. The van der Waals surface area contributed by atoms with Gasteiger partial charge in [-0.1, -0.05) is 29.7 Å². The predicted octanol–water partition coefficient (Wildman–Crippen LogP) is 2.73. The van der Waals surface area contributed by atoms with Gasteiger partial charge in [0.2, 0.25) is 10.0 Å². The fourth-order valence-electron chi connectivity index (χ4n) is 2.20. The molecule has 0 aliphatic rings. The molecule has 0 aliphatic carbocycles. The Hall–Kier alpha value is -2.73. The van der Waals surface area contributed by atoms with Crippen LogP contribution in [0.5, 0.6) is 5.75 Å². The molecular weight excluding hydrogens is 392 g/mol. The van der Waals surface area contributed by atoms with E-state index in [0.29, 0.717) is 10.8 Å². The van der Waals surface area contributed by atoms with Crippen LogP contribution >= 0.6 is 11.6 Å². The van der Waals surface area contributed by atoms with Gasteiger partial charge in [0.05, 0.1) is 0 Å². The molecule has 1 unspecified atom stereocenters. The molecule has 9 heteroatoms. The van der Waals surface area contributed by atoms with E-state index in [2.05, 4.69) is 16.6 Å². The summed E-state index contributed by atoms with van der Waals surface area (Å²) in [7, 11) is -4.21. The maximum atomic E-state index is 12.7. The summed E-state index contributed by atoms with van der Waals surface area (Å²) < 4.78 is 33.1. The van der Waals surface area contributed by atoms with Gasteiger partial charge in [0.25, 0.3) is 5.91 Å². The molecule has 0 spiro atoms. The van der Waals surface area contributed by atoms with Crippen molar-refractivity contribution in [3.8, 4) is 17.6 Å². The molecule has 0 bridgehead atoms. The van der Waals surface area contributed by atoms with Crippen LogP contribution in [0.15, 0.2) is 48.5 Å². The molecule has 0 saturated carbocycles. The van der Waals surface area contributed by atoms with E-state index in [1.165, 1.54) is 41.9 Å². The molecule has 7 nitrogen and oxygen atoms in total. The van der Waals surface area contributed by atoms with Crippen molar-refractivity contribution in [3.63, 3.8) is 0 Å². The van der Waals surface area contributed by atoms with E-state index in [4.69, 9.17) is 21.5 Å². The number of hydroxylamine groups is 1. The van der Waals surface area contributed by atoms with Crippen molar-refractivity contribution < 1.29 is 23.2 Å². The highest BCUT2D eigenvalue weighted by atomic mass is 35.5. The standard InChI is InChI=1S/C18H17ClN2O5S/c1-2-3-12-26-16-10-8-15(9-11-16)21-27(24,25)17(18(22)20-23)13-4-6-14(19)7-5-13/h4-11,17,21,23H,12H2,1H3,(H,20,22). The molecule has 2 aromatic carbocycles. The van der Waals surface area contributed by atoms with Crippen molar-refractivity contribution >= 4 is 33.2 Å². The van der Waals surface area contributed by atoms with Crippen LogP contribution in [0.2, 0.25) is 5.02 Å². The van der Waals surface area contributed by atoms with E-state index < -0.39 is 21.2 Å². The number of ether oxygens (including phenoxy) is 1. The van der Waals surface area contributed by atoms with Gasteiger partial charge in [0.15, 0.2) is 5.25 Å². The van der Waals surface area contributed by atoms with Gasteiger partial charge in [-0.25, -0.2) is 13.9 Å². The lowest BCUT2D eigenvalue weighted by Crippen LogP contribution is -2.34. The molecule has 27 heavy (non-hydrogen) atoms. The fourth-order valence-corrected chi connectivity index (χ4v) is 3.76. The summed E-state index contributed by atoms with van der Waals surface area (Å²) >= 11 is 5.80. The fraction of sp³-hybridized carbons (Fsp3) is 0.167. The molecule has 0 radical (unpaired) electrons. The van der Waals surface area contributed by atoms with E-state index in [0.717, 1.165) is 0 Å². The number of sulfonamides is 1. The second-order valence-electron chi connectivity index (χ2n) is 5.29. The molecular formula is C18H17ClN2O5S. The topological polar surface area (TPSA) is 105 Å². The summed E-state index contributed by atoms with van der Waals surface area (Å²) in [5, 5.41) is 7.66. The van der Waals surface area contributed by atoms with Gasteiger partial charge in [-0.15, -0.1) is 5.92 Å². The average molecular weight is 409 g/mol. The quantitative estimate of drug-likeness (QED) is 0.371. The van der Waals surface area contributed by atoms with Crippen LogP contribution in [0.1, 0.15) is 17.7 Å². The van der Waals surface area contributed by atoms with Crippen molar-refractivity contribution in [2.45, 2.75) is 12.2 Å². The summed E-state index contributed by atoms with van der Waals surface area (Å²) in [5.74, 6) is 4.86. The zero-order valence-corrected chi connectivity index (χ0v) is 15.8. The highest BCUT2D eigenvalue weighted by Gasteiger charge is 2.34. The minimum absolute atomic E-state index is 0.150. The number of carbonyl (C=O) groups excluding carboxylic acids is 1. The third kappa shape index (κ3) is 5.62. The lowest BCUT2D eigenvalue weighted by Gasteiger charge is -2.18. The molecule has 3 N–H and O–H groups in total. The van der Waals surface area contributed by atoms with Crippen LogP contribution in [-0.4, -0.2) is 26.1 Å². The van der Waals surface area contributed by atoms with Gasteiger partial charge in [0, 0.05) is 10.7 Å². The smallest absolute Gasteiger partial charge is 0.268 e. The van der Waals surface area contributed by atoms with Crippen molar-refractivity contribution in [3.05, 3.63) is 59.1 Å². The number of hydrogen-bond acceptors (Lipinski definition) is 5. The van der Waals surface area contributed by atoms with Crippen molar-refractivity contribution in [2.75, 3.05) is 11.3 Å². The largest absolute Gasteiger partial charge is 0.481 e. The van der Waals surface area contributed by atoms with Crippen molar-refractivity contribution in [2.24, 2.45) is 0 Å². The van der Waals surface area contributed by atoms with Crippen molar-refractivity contribution in [1.29, 1.82) is 0 Å². The Morgan fingerprint density at radius 2 is 1.81 bits per heavy atom. The molecule has 0 fully saturated rings. The zero-order chi connectivity index (χ0) is 19.9. The molecule has 142 valence electrons. The number of rotatable bonds is 7. The highest BCUT2D eigenvalue weighted by Crippen LogP contribution is 2.27. The molecule has 1 amide bonds. The van der Waals surface area contributed by atoms with Crippen LogP contribution in [0.4, 0.5) is 5.69 Å². The Bertz CT molecular complexity index is 948. The summed E-state index contributed by atoms with van der Waals surface area (Å²) in [4.78, 5) is 12.0. The summed E-state index contributed by atoms with van der Waals surface area (Å²) in [6.45, 7) is 1.91. The molecule has 0 aromatic heterocycles. The third-order valence-electron chi connectivity index (χ3n) is 3.43. The molecule has 2 aromatic rings. The number of amides is 1. The second kappa shape index (κ2) is 9.28. The van der Waals surface area contributed by atoms with E-state index in [1.807, 2.05) is 0 Å². The lowest BCUT2D eigenvalue weighted by atomic mass is 10.1. The highest BCUT2D eigenvalue weighted by molar-refractivity contribution is 7.93. The SMILES string of the molecule is CC#CCOc1ccc(NS(=O)(=O)C(C(=O)NO)c2ccc(Cl)cc2)cc1. The van der Waals surface area contributed by atoms with Gasteiger partial charge in [0.1, 0.15) is 12.4 Å². The van der Waals surface area contributed by atoms with Gasteiger partial charge in [-0.2, -0.15) is 0 Å². The normalized spacial score (nSPS) is 11.7. The maximum Gasteiger partial charge on any atom is 0.268 e. The third-order valence-corrected chi connectivity index (χ3v) is 5.31. The first kappa shape index (κ1) is 20.6. The van der Waals surface area contributed by atoms with E-state index in [-0.39, 0.29) is 17.9 Å². The van der Waals surface area contributed by atoms with E-state index in [1.54, 1.807) is 19.1 Å². The van der Waals surface area contributed by atoms with Gasteiger partial charge in [-0.05, 0) is 48.9 Å². The minimum atomic E-state index is -4.21. The van der Waals surface area contributed by atoms with Crippen LogP contribution in [-0.2, 0) is 14.8 Å². The summed E-state index contributed by atoms with van der Waals surface area (Å²) in [6, 6.07) is 11.8. The average Bonchev–Trinajstić information content (AvgIpc) is 2.64. The number of benzene rings is 2. The van der Waals surface area contributed by atoms with E-state index in [9.17, 15) is 13.2 Å². The summed E-state index contributed by atoms with van der Waals surface area (Å²) in [6.07, 6.45) is 0. The molecule has 2 rings (SSSR count). The molecule has 0 aliphatic heterocycles. The first-order valence-electron chi connectivity index (χ1n) is 7.71. The van der Waals surface area contributed by atoms with Gasteiger partial charge < -0.3 is 4.74 Å². The summed E-state index contributed by atoms with van der Waals surface area (Å²) in [5.41, 5.74) is 1.76. The maximum absolute atomic E-state index is 12.7. The Balaban J connectivity index is 2.24. The molecule has 0 heterocycles. The number of halogens is 1. The number of carbonyl (C=O) groups is 1. The van der Waals surface area contributed by atoms with Gasteiger partial charge >= 0.3 is 0 Å². The zero-order valence-electron chi connectivity index (χ0n) is 14.3. The Morgan fingerprint density at radius 1 is 1.19 bits per heavy atom. The Kier molecular flexibility index (Phi) is 7.07. The second-order valence-corrected chi connectivity index (χ2v) is 7.50. The van der Waals surface area contributed by atoms with E-state index >= 15 is 0 Å².